The van der Waals surface area contributed by atoms with Gasteiger partial charge in [-0.05, 0) is 38.1 Å². The number of hydrazone groups is 1. The van der Waals surface area contributed by atoms with Crippen LogP contribution in [-0.4, -0.2) is 53.8 Å². The molecule has 7 nitrogen and oxygen atoms in total. The van der Waals surface area contributed by atoms with Gasteiger partial charge in [0.2, 0.25) is 5.91 Å². The molecule has 3 rings (SSSR count). The number of rotatable bonds is 3. The van der Waals surface area contributed by atoms with E-state index >= 15 is 0 Å². The number of ether oxygens (including phenoxy) is 1. The van der Waals surface area contributed by atoms with E-state index in [4.69, 9.17) is 10.5 Å². The predicted octanol–water partition coefficient (Wildman–Crippen LogP) is 0.881. The third-order valence-corrected chi connectivity index (χ3v) is 4.28. The second kappa shape index (κ2) is 6.79. The van der Waals surface area contributed by atoms with E-state index in [9.17, 15) is 14.0 Å². The van der Waals surface area contributed by atoms with Crippen molar-refractivity contribution in [1.82, 2.24) is 4.90 Å². The molecule has 1 aromatic rings. The fourth-order valence-corrected chi connectivity index (χ4v) is 3.22. The summed E-state index contributed by atoms with van der Waals surface area (Å²) in [6.07, 6.45) is 0.00995. The third-order valence-electron chi connectivity index (χ3n) is 4.28. The molecule has 0 spiro atoms. The standard InChI is InChI=1S/C17H21FN4O3/c1-10-8-21(9-11(2)25-10)17(24)14-7-15(16(19)23)22(20-14)13-5-3-12(18)4-6-13/h3-6,10-11,15H,7-9H2,1-2H3,(H2,19,23). The number of hydrogen-bond donors (Lipinski definition) is 1. The Kier molecular flexibility index (Phi) is 4.71. The van der Waals surface area contributed by atoms with E-state index in [1.165, 1.54) is 29.3 Å². The molecule has 3 atom stereocenters. The van der Waals surface area contributed by atoms with Crippen molar-refractivity contribution in [2.75, 3.05) is 18.1 Å². The zero-order chi connectivity index (χ0) is 18.1. The van der Waals surface area contributed by atoms with Gasteiger partial charge in [0.15, 0.2) is 0 Å². The minimum absolute atomic E-state index is 0.0603. The van der Waals surface area contributed by atoms with Crippen LogP contribution in [0.5, 0.6) is 0 Å². The second-order valence-electron chi connectivity index (χ2n) is 6.46. The number of carbonyl (C=O) groups is 2. The molecule has 1 saturated heterocycles. The summed E-state index contributed by atoms with van der Waals surface area (Å²) in [5.41, 5.74) is 6.25. The van der Waals surface area contributed by atoms with E-state index in [1.54, 1.807) is 4.90 Å². The zero-order valence-electron chi connectivity index (χ0n) is 14.2. The summed E-state index contributed by atoms with van der Waals surface area (Å²) in [6, 6.07) is 4.78. The molecular weight excluding hydrogens is 327 g/mol. The fraction of sp³-hybridized carbons (Fsp3) is 0.471. The molecule has 0 saturated carbocycles. The van der Waals surface area contributed by atoms with Gasteiger partial charge in [-0.15, -0.1) is 0 Å². The molecular formula is C17H21FN4O3. The van der Waals surface area contributed by atoms with Crippen molar-refractivity contribution in [1.29, 1.82) is 0 Å². The van der Waals surface area contributed by atoms with Crippen LogP contribution in [0.15, 0.2) is 29.4 Å². The Morgan fingerprint density at radius 3 is 2.36 bits per heavy atom. The van der Waals surface area contributed by atoms with Crippen LogP contribution in [0, 0.1) is 5.82 Å². The summed E-state index contributed by atoms with van der Waals surface area (Å²) >= 11 is 0. The van der Waals surface area contributed by atoms with E-state index < -0.39 is 17.8 Å². The lowest BCUT2D eigenvalue weighted by atomic mass is 10.1. The number of amides is 2. The number of carbonyl (C=O) groups excluding carboxylic acids is 2. The lowest BCUT2D eigenvalue weighted by Crippen LogP contribution is -2.50. The van der Waals surface area contributed by atoms with Crippen molar-refractivity contribution in [3.63, 3.8) is 0 Å². The Labute approximate surface area is 145 Å². The average Bonchev–Trinajstić information content (AvgIpc) is 2.99. The average molecular weight is 348 g/mol. The minimum Gasteiger partial charge on any atom is -0.372 e. The van der Waals surface area contributed by atoms with E-state index in [0.717, 1.165) is 0 Å². The number of benzene rings is 1. The molecule has 25 heavy (non-hydrogen) atoms. The molecule has 3 unspecified atom stereocenters. The van der Waals surface area contributed by atoms with E-state index in [2.05, 4.69) is 5.10 Å². The molecule has 1 fully saturated rings. The maximum absolute atomic E-state index is 13.1. The highest BCUT2D eigenvalue weighted by Gasteiger charge is 2.38. The number of nitrogens with two attached hydrogens (primary N) is 1. The van der Waals surface area contributed by atoms with Crippen LogP contribution >= 0.6 is 0 Å². The van der Waals surface area contributed by atoms with E-state index in [1.807, 2.05) is 13.8 Å². The lowest BCUT2D eigenvalue weighted by Gasteiger charge is -2.35. The molecule has 0 bridgehead atoms. The second-order valence-corrected chi connectivity index (χ2v) is 6.46. The number of nitrogens with zero attached hydrogens (tertiary/aromatic N) is 3. The largest absolute Gasteiger partial charge is 0.372 e. The highest BCUT2D eigenvalue weighted by molar-refractivity contribution is 6.40. The van der Waals surface area contributed by atoms with Gasteiger partial charge < -0.3 is 15.4 Å². The van der Waals surface area contributed by atoms with Crippen LogP contribution in [-0.2, 0) is 14.3 Å². The molecule has 0 aliphatic carbocycles. The van der Waals surface area contributed by atoms with E-state index in [0.29, 0.717) is 18.8 Å². The zero-order valence-corrected chi connectivity index (χ0v) is 14.2. The molecule has 2 N–H and O–H groups in total. The van der Waals surface area contributed by atoms with Crippen LogP contribution in [0.1, 0.15) is 20.3 Å². The number of morpholine rings is 1. The van der Waals surface area contributed by atoms with Gasteiger partial charge in [0.25, 0.3) is 5.91 Å². The summed E-state index contributed by atoms with van der Waals surface area (Å²) in [4.78, 5) is 26.3. The van der Waals surface area contributed by atoms with Gasteiger partial charge in [-0.1, -0.05) is 0 Å². The van der Waals surface area contributed by atoms with Crippen molar-refractivity contribution in [3.8, 4) is 0 Å². The maximum Gasteiger partial charge on any atom is 0.270 e. The number of primary amides is 1. The first-order chi connectivity index (χ1) is 11.8. The summed E-state index contributed by atoms with van der Waals surface area (Å²) in [7, 11) is 0. The first-order valence-corrected chi connectivity index (χ1v) is 8.21. The molecule has 2 amide bonds. The van der Waals surface area contributed by atoms with Crippen LogP contribution in [0.3, 0.4) is 0 Å². The van der Waals surface area contributed by atoms with Crippen molar-refractivity contribution in [3.05, 3.63) is 30.1 Å². The smallest absolute Gasteiger partial charge is 0.270 e. The van der Waals surface area contributed by atoms with Gasteiger partial charge in [0.05, 0.1) is 17.9 Å². The molecule has 2 heterocycles. The van der Waals surface area contributed by atoms with Gasteiger partial charge in [-0.3, -0.25) is 14.6 Å². The Morgan fingerprint density at radius 1 is 1.20 bits per heavy atom. The van der Waals surface area contributed by atoms with Gasteiger partial charge >= 0.3 is 0 Å². The molecule has 2 aliphatic rings. The Morgan fingerprint density at radius 2 is 1.80 bits per heavy atom. The fourth-order valence-electron chi connectivity index (χ4n) is 3.22. The van der Waals surface area contributed by atoms with Crippen molar-refractivity contribution < 1.29 is 18.7 Å². The predicted molar refractivity (Wildman–Crippen MR) is 90.5 cm³/mol. The Hall–Kier alpha value is -2.48. The van der Waals surface area contributed by atoms with Gasteiger partial charge in [0, 0.05) is 19.5 Å². The molecule has 134 valence electrons. The van der Waals surface area contributed by atoms with Crippen LogP contribution in [0.25, 0.3) is 0 Å². The van der Waals surface area contributed by atoms with Crippen molar-refractivity contribution in [2.45, 2.75) is 38.5 Å². The maximum atomic E-state index is 13.1. The summed E-state index contributed by atoms with van der Waals surface area (Å²) in [5, 5.41) is 5.70. The SMILES string of the molecule is CC1CN(C(=O)C2=NN(c3ccc(F)cc3)C(C(N)=O)C2)CC(C)O1. The summed E-state index contributed by atoms with van der Waals surface area (Å²) in [6.45, 7) is 4.76. The highest BCUT2D eigenvalue weighted by atomic mass is 19.1. The van der Waals surface area contributed by atoms with Gasteiger partial charge in [-0.25, -0.2) is 4.39 Å². The van der Waals surface area contributed by atoms with Gasteiger partial charge in [-0.2, -0.15) is 5.10 Å². The molecule has 0 radical (unpaired) electrons. The number of hydrogen-bond acceptors (Lipinski definition) is 5. The van der Waals surface area contributed by atoms with Gasteiger partial charge in [0.1, 0.15) is 17.6 Å². The first kappa shape index (κ1) is 17.3. The first-order valence-electron chi connectivity index (χ1n) is 8.21. The molecule has 1 aromatic carbocycles. The normalized spacial score (nSPS) is 26.5. The van der Waals surface area contributed by atoms with Crippen molar-refractivity contribution in [2.24, 2.45) is 10.8 Å². The molecule has 2 aliphatic heterocycles. The third kappa shape index (κ3) is 3.63. The quantitative estimate of drug-likeness (QED) is 0.878. The number of anilines is 1. The lowest BCUT2D eigenvalue weighted by molar-refractivity contribution is -0.136. The summed E-state index contributed by atoms with van der Waals surface area (Å²) < 4.78 is 18.8. The van der Waals surface area contributed by atoms with E-state index in [-0.39, 0.29) is 30.2 Å². The number of halogens is 1. The minimum atomic E-state index is -0.764. The van der Waals surface area contributed by atoms with Crippen molar-refractivity contribution >= 4 is 23.2 Å². The Balaban J connectivity index is 1.83. The monoisotopic (exact) mass is 348 g/mol. The summed E-state index contributed by atoms with van der Waals surface area (Å²) in [5.74, 6) is -1.20. The molecule has 8 heteroatoms. The van der Waals surface area contributed by atoms with Crippen LogP contribution in [0.4, 0.5) is 10.1 Å². The highest BCUT2D eigenvalue weighted by Crippen LogP contribution is 2.26. The van der Waals surface area contributed by atoms with Crippen LogP contribution < -0.4 is 10.7 Å². The Bertz CT molecular complexity index is 696. The topological polar surface area (TPSA) is 88.2 Å². The molecule has 0 aromatic heterocycles. The van der Waals surface area contributed by atoms with Crippen LogP contribution in [0.2, 0.25) is 0 Å².